The summed E-state index contributed by atoms with van der Waals surface area (Å²) in [5, 5.41) is 0. The van der Waals surface area contributed by atoms with Crippen LogP contribution in [-0.2, 0) is 0 Å². The second kappa shape index (κ2) is 7.60. The van der Waals surface area contributed by atoms with Crippen molar-refractivity contribution in [2.75, 3.05) is 0 Å². The van der Waals surface area contributed by atoms with E-state index in [-0.39, 0.29) is 0 Å². The summed E-state index contributed by atoms with van der Waals surface area (Å²) in [4.78, 5) is 0. The van der Waals surface area contributed by atoms with Crippen LogP contribution in [0.15, 0.2) is 48.6 Å². The third-order valence-corrected chi connectivity index (χ3v) is 1.99. The van der Waals surface area contributed by atoms with Crippen LogP contribution in [-0.4, -0.2) is 0 Å². The summed E-state index contributed by atoms with van der Waals surface area (Å²) in [5.74, 6) is 0. The lowest BCUT2D eigenvalue weighted by Gasteiger charge is -1.87. The molecule has 0 unspecified atom stereocenters. The SMILES string of the molecule is C1=CC/C=C/CC/C=C\CC/C=C\1. The first-order valence-electron chi connectivity index (χ1n) is 5.12. The second-order valence-corrected chi connectivity index (χ2v) is 3.19. The number of hydrogen-bond donors (Lipinski definition) is 0. The minimum absolute atomic E-state index is 1.06. The summed E-state index contributed by atoms with van der Waals surface area (Å²) in [6.07, 6.45) is 23.5. The van der Waals surface area contributed by atoms with Gasteiger partial charge in [-0.1, -0.05) is 48.6 Å². The van der Waals surface area contributed by atoms with E-state index in [1.54, 1.807) is 0 Å². The quantitative estimate of drug-likeness (QED) is 0.483. The van der Waals surface area contributed by atoms with Crippen molar-refractivity contribution in [2.45, 2.75) is 32.1 Å². The van der Waals surface area contributed by atoms with E-state index in [0.29, 0.717) is 0 Å². The molecule has 0 heterocycles. The summed E-state index contributed by atoms with van der Waals surface area (Å²) in [6, 6.07) is 0. The standard InChI is InChI=1S/C13H18/c1-2-4-6-8-10-12-13-11-9-7-5-3-1/h1-4,7,9-10,12H,5-6,8,11,13H2/b3-1?,4-2-,9-7+,12-10-. The summed E-state index contributed by atoms with van der Waals surface area (Å²) in [5.41, 5.74) is 0. The molecule has 0 aromatic rings. The Morgan fingerprint density at radius 3 is 1.77 bits per heavy atom. The van der Waals surface area contributed by atoms with Gasteiger partial charge in [0.2, 0.25) is 0 Å². The van der Waals surface area contributed by atoms with E-state index >= 15 is 0 Å². The molecule has 0 fully saturated rings. The van der Waals surface area contributed by atoms with Crippen LogP contribution < -0.4 is 0 Å². The zero-order valence-corrected chi connectivity index (χ0v) is 8.15. The summed E-state index contributed by atoms with van der Waals surface area (Å²) in [6.45, 7) is 0. The van der Waals surface area contributed by atoms with Gasteiger partial charge in [0.1, 0.15) is 0 Å². The first kappa shape index (κ1) is 10.0. The summed E-state index contributed by atoms with van der Waals surface area (Å²) >= 11 is 0. The Labute approximate surface area is 81.4 Å². The van der Waals surface area contributed by atoms with Gasteiger partial charge in [0.05, 0.1) is 0 Å². The lowest BCUT2D eigenvalue weighted by Crippen LogP contribution is -1.66. The van der Waals surface area contributed by atoms with Crippen LogP contribution in [0.1, 0.15) is 32.1 Å². The molecular formula is C13H18. The predicted octanol–water partition coefficient (Wildman–Crippen LogP) is 4.18. The molecule has 1 rings (SSSR count). The Kier molecular flexibility index (Phi) is 5.87. The van der Waals surface area contributed by atoms with Gasteiger partial charge >= 0.3 is 0 Å². The highest BCUT2D eigenvalue weighted by atomic mass is 13.9. The molecule has 0 N–H and O–H groups in total. The normalized spacial score (nSPS) is 26.5. The van der Waals surface area contributed by atoms with Crippen LogP contribution in [0.2, 0.25) is 0 Å². The molecule has 0 atom stereocenters. The van der Waals surface area contributed by atoms with Gasteiger partial charge in [-0.3, -0.25) is 0 Å². The van der Waals surface area contributed by atoms with Crippen LogP contribution in [0.4, 0.5) is 0 Å². The maximum Gasteiger partial charge on any atom is -0.0166 e. The smallest absolute Gasteiger partial charge is 0.0166 e. The van der Waals surface area contributed by atoms with Crippen LogP contribution in [0.5, 0.6) is 0 Å². The van der Waals surface area contributed by atoms with Gasteiger partial charge in [-0.05, 0) is 32.1 Å². The molecule has 1 aliphatic rings. The van der Waals surface area contributed by atoms with Crippen LogP contribution >= 0.6 is 0 Å². The summed E-state index contributed by atoms with van der Waals surface area (Å²) in [7, 11) is 0. The van der Waals surface area contributed by atoms with Crippen LogP contribution in [0.3, 0.4) is 0 Å². The van der Waals surface area contributed by atoms with Gasteiger partial charge in [-0.15, -0.1) is 0 Å². The molecule has 0 saturated carbocycles. The maximum absolute atomic E-state index is 2.28. The van der Waals surface area contributed by atoms with E-state index in [1.807, 2.05) is 0 Å². The Morgan fingerprint density at radius 2 is 1.00 bits per heavy atom. The molecule has 0 spiro atoms. The molecule has 13 heavy (non-hydrogen) atoms. The van der Waals surface area contributed by atoms with Crippen molar-refractivity contribution in [2.24, 2.45) is 0 Å². The third-order valence-electron chi connectivity index (χ3n) is 1.99. The van der Waals surface area contributed by atoms with E-state index < -0.39 is 0 Å². The number of rotatable bonds is 0. The van der Waals surface area contributed by atoms with E-state index in [4.69, 9.17) is 0 Å². The topological polar surface area (TPSA) is 0 Å². The molecule has 0 aromatic carbocycles. The van der Waals surface area contributed by atoms with Gasteiger partial charge in [0.15, 0.2) is 0 Å². The molecule has 0 heteroatoms. The minimum Gasteiger partial charge on any atom is -0.0882 e. The Hall–Kier alpha value is -1.04. The maximum atomic E-state index is 2.28. The van der Waals surface area contributed by atoms with Crippen molar-refractivity contribution in [3.05, 3.63) is 48.6 Å². The molecule has 0 nitrogen and oxygen atoms in total. The average Bonchev–Trinajstić information content (AvgIpc) is 2.18. The summed E-state index contributed by atoms with van der Waals surface area (Å²) < 4.78 is 0. The molecule has 0 aromatic heterocycles. The van der Waals surface area contributed by atoms with Crippen molar-refractivity contribution >= 4 is 0 Å². The van der Waals surface area contributed by atoms with Crippen LogP contribution in [0.25, 0.3) is 0 Å². The lowest BCUT2D eigenvalue weighted by atomic mass is 10.2. The zero-order chi connectivity index (χ0) is 9.19. The first-order valence-corrected chi connectivity index (χ1v) is 5.12. The highest BCUT2D eigenvalue weighted by Gasteiger charge is 1.79. The average molecular weight is 174 g/mol. The van der Waals surface area contributed by atoms with Crippen molar-refractivity contribution < 1.29 is 0 Å². The monoisotopic (exact) mass is 174 g/mol. The van der Waals surface area contributed by atoms with E-state index in [0.717, 1.165) is 12.8 Å². The zero-order valence-electron chi connectivity index (χ0n) is 8.15. The van der Waals surface area contributed by atoms with Gasteiger partial charge in [0.25, 0.3) is 0 Å². The Morgan fingerprint density at radius 1 is 0.462 bits per heavy atom. The lowest BCUT2D eigenvalue weighted by molar-refractivity contribution is 1.00. The molecule has 0 radical (unpaired) electrons. The molecule has 0 aliphatic heterocycles. The fraction of sp³-hybridized carbons (Fsp3) is 0.385. The number of allylic oxidation sites excluding steroid dienone is 8. The molecule has 0 amide bonds. The third kappa shape index (κ3) is 6.15. The fourth-order valence-corrected chi connectivity index (χ4v) is 1.25. The van der Waals surface area contributed by atoms with Gasteiger partial charge < -0.3 is 0 Å². The first-order chi connectivity index (χ1) is 6.50. The van der Waals surface area contributed by atoms with Crippen molar-refractivity contribution in [1.29, 1.82) is 0 Å². The van der Waals surface area contributed by atoms with Crippen molar-refractivity contribution in [3.8, 4) is 0 Å². The molecule has 1 aliphatic carbocycles. The Bertz CT molecular complexity index is 216. The molecule has 0 saturated heterocycles. The second-order valence-electron chi connectivity index (χ2n) is 3.19. The molecular weight excluding hydrogens is 156 g/mol. The Balaban J connectivity index is 2.38. The van der Waals surface area contributed by atoms with E-state index in [2.05, 4.69) is 48.6 Å². The molecule has 0 bridgehead atoms. The van der Waals surface area contributed by atoms with E-state index in [1.165, 1.54) is 19.3 Å². The molecule has 70 valence electrons. The van der Waals surface area contributed by atoms with Gasteiger partial charge in [0, 0.05) is 0 Å². The highest BCUT2D eigenvalue weighted by molar-refractivity contribution is 5.05. The fourth-order valence-electron chi connectivity index (χ4n) is 1.25. The van der Waals surface area contributed by atoms with Gasteiger partial charge in [-0.2, -0.15) is 0 Å². The predicted molar refractivity (Wildman–Crippen MR) is 59.6 cm³/mol. The largest absolute Gasteiger partial charge is 0.0882 e. The number of hydrogen-bond acceptors (Lipinski definition) is 0. The van der Waals surface area contributed by atoms with Crippen LogP contribution in [0, 0.1) is 0 Å². The van der Waals surface area contributed by atoms with Crippen molar-refractivity contribution in [1.82, 2.24) is 0 Å². The van der Waals surface area contributed by atoms with E-state index in [9.17, 15) is 0 Å². The van der Waals surface area contributed by atoms with Gasteiger partial charge in [-0.25, -0.2) is 0 Å². The highest BCUT2D eigenvalue weighted by Crippen LogP contribution is 2.00. The van der Waals surface area contributed by atoms with Crippen molar-refractivity contribution in [3.63, 3.8) is 0 Å². The minimum atomic E-state index is 1.06.